The number of methoxy groups -OCH3 is 1. The molecule has 2 atom stereocenters. The van der Waals surface area contributed by atoms with E-state index >= 15 is 0 Å². The molecule has 23 heavy (non-hydrogen) atoms. The van der Waals surface area contributed by atoms with Crippen molar-refractivity contribution >= 4 is 16.8 Å². The second-order valence-electron chi connectivity index (χ2n) is 6.39. The molecule has 2 heterocycles. The van der Waals surface area contributed by atoms with Crippen LogP contribution in [0.1, 0.15) is 17.7 Å². The molecular formula is C17H23N3O3. The number of benzene rings is 1. The number of primary amides is 1. The van der Waals surface area contributed by atoms with Gasteiger partial charge in [0.15, 0.2) is 0 Å². The van der Waals surface area contributed by atoms with Gasteiger partial charge in [0, 0.05) is 54.6 Å². The van der Waals surface area contributed by atoms with Crippen LogP contribution in [0.15, 0.2) is 18.2 Å². The van der Waals surface area contributed by atoms with Crippen molar-refractivity contribution in [3.8, 4) is 5.75 Å². The maximum absolute atomic E-state index is 11.1. The highest BCUT2D eigenvalue weighted by molar-refractivity contribution is 5.85. The van der Waals surface area contributed by atoms with Crippen LogP contribution >= 0.6 is 0 Å². The summed E-state index contributed by atoms with van der Waals surface area (Å²) in [7, 11) is 1.66. The van der Waals surface area contributed by atoms with Crippen molar-refractivity contribution in [1.82, 2.24) is 9.88 Å². The smallest absolute Gasteiger partial charge is 0.217 e. The first-order valence-electron chi connectivity index (χ1n) is 7.81. The van der Waals surface area contributed by atoms with Crippen LogP contribution in [0.2, 0.25) is 0 Å². The Kier molecular flexibility index (Phi) is 4.28. The van der Waals surface area contributed by atoms with Crippen molar-refractivity contribution in [1.29, 1.82) is 0 Å². The van der Waals surface area contributed by atoms with Gasteiger partial charge in [-0.15, -0.1) is 0 Å². The quantitative estimate of drug-likeness (QED) is 0.771. The fourth-order valence-corrected chi connectivity index (χ4v) is 3.42. The van der Waals surface area contributed by atoms with Crippen molar-refractivity contribution in [3.05, 3.63) is 29.5 Å². The van der Waals surface area contributed by atoms with Crippen LogP contribution in [-0.4, -0.2) is 47.2 Å². The van der Waals surface area contributed by atoms with Crippen molar-refractivity contribution in [3.63, 3.8) is 0 Å². The van der Waals surface area contributed by atoms with E-state index in [-0.39, 0.29) is 18.2 Å². The van der Waals surface area contributed by atoms with Gasteiger partial charge in [-0.05, 0) is 24.6 Å². The minimum atomic E-state index is -0.492. The molecule has 124 valence electrons. The number of rotatable bonds is 5. The highest BCUT2D eigenvalue weighted by Crippen LogP contribution is 2.27. The summed E-state index contributed by atoms with van der Waals surface area (Å²) in [5.41, 5.74) is 8.54. The number of nitrogens with one attached hydrogen (secondary N) is 1. The van der Waals surface area contributed by atoms with E-state index in [9.17, 15) is 9.90 Å². The Morgan fingerprint density at radius 3 is 2.91 bits per heavy atom. The molecule has 0 saturated carbocycles. The number of carbonyl (C=O) groups is 1. The summed E-state index contributed by atoms with van der Waals surface area (Å²) in [6.45, 7) is 4.02. The minimum absolute atomic E-state index is 0.0706. The molecule has 1 aliphatic rings. The van der Waals surface area contributed by atoms with Gasteiger partial charge in [0.1, 0.15) is 5.75 Å². The van der Waals surface area contributed by atoms with E-state index in [2.05, 4.69) is 22.9 Å². The van der Waals surface area contributed by atoms with Gasteiger partial charge in [0.2, 0.25) is 5.91 Å². The lowest BCUT2D eigenvalue weighted by Gasteiger charge is -2.13. The fraction of sp³-hybridized carbons (Fsp3) is 0.471. The fourth-order valence-electron chi connectivity index (χ4n) is 3.42. The number of β-amino-alcohol motifs (C(OH)–C–C–N with tert-alkyl or cyclic N) is 1. The average Bonchev–Trinajstić information content (AvgIpc) is 3.02. The number of amides is 1. The molecule has 1 saturated heterocycles. The van der Waals surface area contributed by atoms with Gasteiger partial charge in [0.25, 0.3) is 0 Å². The molecule has 0 unspecified atom stereocenters. The predicted molar refractivity (Wildman–Crippen MR) is 88.2 cm³/mol. The number of aliphatic hydroxyl groups is 1. The van der Waals surface area contributed by atoms with Crippen LogP contribution in [0.5, 0.6) is 5.75 Å². The summed E-state index contributed by atoms with van der Waals surface area (Å²) in [6.07, 6.45) is -0.255. The van der Waals surface area contributed by atoms with Gasteiger partial charge in [-0.25, -0.2) is 0 Å². The zero-order valence-electron chi connectivity index (χ0n) is 13.5. The number of aliphatic hydroxyl groups excluding tert-OH is 1. The largest absolute Gasteiger partial charge is 0.497 e. The van der Waals surface area contributed by atoms with Crippen molar-refractivity contribution in [2.45, 2.75) is 26.0 Å². The number of aryl methyl sites for hydroxylation is 1. The minimum Gasteiger partial charge on any atom is -0.497 e. The molecule has 0 bridgehead atoms. The van der Waals surface area contributed by atoms with Crippen LogP contribution in [0.3, 0.4) is 0 Å². The Morgan fingerprint density at radius 1 is 1.43 bits per heavy atom. The van der Waals surface area contributed by atoms with Gasteiger partial charge < -0.3 is 20.6 Å². The van der Waals surface area contributed by atoms with Gasteiger partial charge in [-0.1, -0.05) is 0 Å². The third-order valence-electron chi connectivity index (χ3n) is 4.55. The lowest BCUT2D eigenvalue weighted by molar-refractivity contribution is -0.119. The van der Waals surface area contributed by atoms with Crippen molar-refractivity contribution < 1.29 is 14.6 Å². The van der Waals surface area contributed by atoms with Crippen molar-refractivity contribution in [2.75, 3.05) is 20.2 Å². The zero-order chi connectivity index (χ0) is 16.6. The summed E-state index contributed by atoms with van der Waals surface area (Å²) in [4.78, 5) is 16.6. The number of carbonyl (C=O) groups excluding carboxylic acids is 1. The van der Waals surface area contributed by atoms with Crippen LogP contribution in [0, 0.1) is 12.8 Å². The first-order chi connectivity index (χ1) is 11.0. The number of fused-ring (bicyclic) bond motifs is 1. The molecule has 6 heteroatoms. The molecule has 0 aliphatic carbocycles. The number of aromatic nitrogens is 1. The van der Waals surface area contributed by atoms with E-state index in [0.717, 1.165) is 22.5 Å². The molecule has 0 spiro atoms. The SMILES string of the molecule is COc1cc(C)c2cc(CN3C[C@@H](CC(N)=O)[C@H](O)C3)[nH]c2c1. The van der Waals surface area contributed by atoms with E-state index in [4.69, 9.17) is 10.5 Å². The van der Waals surface area contributed by atoms with Crippen LogP contribution in [0.25, 0.3) is 10.9 Å². The molecule has 1 aromatic heterocycles. The number of nitrogens with zero attached hydrogens (tertiary/aromatic N) is 1. The summed E-state index contributed by atoms with van der Waals surface area (Å²) < 4.78 is 5.30. The molecule has 2 aromatic rings. The Morgan fingerprint density at radius 2 is 2.22 bits per heavy atom. The molecular weight excluding hydrogens is 294 g/mol. The molecule has 4 N–H and O–H groups in total. The van der Waals surface area contributed by atoms with Crippen LogP contribution in [-0.2, 0) is 11.3 Å². The Labute approximate surface area is 135 Å². The summed E-state index contributed by atoms with van der Waals surface area (Å²) in [6, 6.07) is 6.14. The third-order valence-corrected chi connectivity index (χ3v) is 4.55. The third kappa shape index (κ3) is 3.33. The molecule has 1 amide bonds. The first kappa shape index (κ1) is 15.8. The van der Waals surface area contributed by atoms with Crippen LogP contribution < -0.4 is 10.5 Å². The molecule has 1 fully saturated rings. The van der Waals surface area contributed by atoms with Crippen LogP contribution in [0.4, 0.5) is 0 Å². The number of ether oxygens (including phenoxy) is 1. The molecule has 1 aliphatic heterocycles. The van der Waals surface area contributed by atoms with E-state index in [1.165, 1.54) is 5.39 Å². The predicted octanol–water partition coefficient (Wildman–Crippen LogP) is 1.15. The normalized spacial score (nSPS) is 21.9. The standard InChI is InChI=1S/C17H23N3O3/c1-10-3-13(23-2)6-15-14(10)5-12(19-15)8-20-7-11(4-17(18)22)16(21)9-20/h3,5-6,11,16,19,21H,4,7-9H2,1-2H3,(H2,18,22)/t11-,16-/m1/s1. The topological polar surface area (TPSA) is 91.6 Å². The van der Waals surface area contributed by atoms with E-state index in [1.807, 2.05) is 12.1 Å². The number of aromatic amines is 1. The monoisotopic (exact) mass is 317 g/mol. The second-order valence-corrected chi connectivity index (χ2v) is 6.39. The molecule has 0 radical (unpaired) electrons. The average molecular weight is 317 g/mol. The summed E-state index contributed by atoms with van der Waals surface area (Å²) in [5, 5.41) is 11.2. The van der Waals surface area contributed by atoms with E-state index < -0.39 is 6.10 Å². The second kappa shape index (κ2) is 6.22. The first-order valence-corrected chi connectivity index (χ1v) is 7.81. The van der Waals surface area contributed by atoms with E-state index in [1.54, 1.807) is 7.11 Å². The van der Waals surface area contributed by atoms with Gasteiger partial charge >= 0.3 is 0 Å². The molecule has 1 aromatic carbocycles. The lowest BCUT2D eigenvalue weighted by Crippen LogP contribution is -2.24. The Balaban J connectivity index is 1.75. The zero-order valence-corrected chi connectivity index (χ0v) is 13.5. The Hall–Kier alpha value is -2.05. The van der Waals surface area contributed by atoms with Crippen molar-refractivity contribution in [2.24, 2.45) is 11.7 Å². The maximum Gasteiger partial charge on any atom is 0.217 e. The summed E-state index contributed by atoms with van der Waals surface area (Å²) in [5.74, 6) is 0.407. The number of hydrogen-bond donors (Lipinski definition) is 3. The van der Waals surface area contributed by atoms with Gasteiger partial charge in [0.05, 0.1) is 13.2 Å². The Bertz CT molecular complexity index is 725. The van der Waals surface area contributed by atoms with Gasteiger partial charge in [-0.3, -0.25) is 9.69 Å². The number of likely N-dealkylation sites (tertiary alicyclic amines) is 1. The number of hydrogen-bond acceptors (Lipinski definition) is 4. The molecule has 6 nitrogen and oxygen atoms in total. The highest BCUT2D eigenvalue weighted by atomic mass is 16.5. The van der Waals surface area contributed by atoms with Gasteiger partial charge in [-0.2, -0.15) is 0 Å². The summed E-state index contributed by atoms with van der Waals surface area (Å²) >= 11 is 0. The maximum atomic E-state index is 11.1. The lowest BCUT2D eigenvalue weighted by atomic mass is 10.0. The number of H-pyrrole nitrogens is 1. The number of nitrogens with two attached hydrogens (primary N) is 1. The molecule has 3 rings (SSSR count). The van der Waals surface area contributed by atoms with E-state index in [0.29, 0.717) is 19.6 Å². The highest BCUT2D eigenvalue weighted by Gasteiger charge is 2.32.